The normalized spacial score (nSPS) is 12.9. The summed E-state index contributed by atoms with van der Waals surface area (Å²) >= 11 is 0. The van der Waals surface area contributed by atoms with Gasteiger partial charge in [-0.1, -0.05) is 31.5 Å². The molecular formula is C13H20N4O3S. The fourth-order valence-electron chi connectivity index (χ4n) is 1.23. The molecule has 7 nitrogen and oxygen atoms in total. The number of hydrazone groups is 1. The molecule has 0 bridgehead atoms. The third-order valence-electron chi connectivity index (χ3n) is 2.39. The van der Waals surface area contributed by atoms with Crippen LogP contribution >= 0.6 is 0 Å². The van der Waals surface area contributed by atoms with Gasteiger partial charge in [0.15, 0.2) is 0 Å². The topological polar surface area (TPSA) is 106 Å². The van der Waals surface area contributed by atoms with E-state index in [4.69, 9.17) is 5.73 Å². The first-order valence-electron chi connectivity index (χ1n) is 6.42. The number of guanidine groups is 1. The maximum absolute atomic E-state index is 11.8. The molecule has 0 aliphatic carbocycles. The van der Waals surface area contributed by atoms with Crippen molar-refractivity contribution in [2.45, 2.75) is 32.1 Å². The zero-order valence-electron chi connectivity index (χ0n) is 12.3. The van der Waals surface area contributed by atoms with Gasteiger partial charge in [0.25, 0.3) is 5.96 Å². The molecule has 0 spiro atoms. The molecule has 0 aliphatic rings. The lowest BCUT2D eigenvalue weighted by atomic mass is 10.2. The first-order chi connectivity index (χ1) is 9.81. The minimum atomic E-state index is -3.98. The van der Waals surface area contributed by atoms with Crippen molar-refractivity contribution in [1.82, 2.24) is 5.43 Å². The summed E-state index contributed by atoms with van der Waals surface area (Å²) in [5, 5.41) is 7.08. The van der Waals surface area contributed by atoms with E-state index in [1.807, 2.05) is 20.8 Å². The Labute approximate surface area is 125 Å². The van der Waals surface area contributed by atoms with Gasteiger partial charge in [-0.3, -0.25) is 4.28 Å². The largest absolute Gasteiger partial charge is 0.366 e. The van der Waals surface area contributed by atoms with Gasteiger partial charge in [0.2, 0.25) is 0 Å². The Bertz CT molecular complexity index is 607. The number of rotatable bonds is 6. The van der Waals surface area contributed by atoms with Gasteiger partial charge in [0, 0.05) is 6.21 Å². The molecule has 1 aromatic rings. The first kappa shape index (κ1) is 17.0. The molecule has 0 unspecified atom stereocenters. The summed E-state index contributed by atoms with van der Waals surface area (Å²) in [7, 11) is -3.98. The maximum Gasteiger partial charge on any atom is 0.358 e. The molecule has 0 heterocycles. The molecule has 0 saturated heterocycles. The van der Waals surface area contributed by atoms with Crippen molar-refractivity contribution in [3.63, 3.8) is 0 Å². The predicted octanol–water partition coefficient (Wildman–Crippen LogP) is 1.55. The molecule has 0 radical (unpaired) electrons. The van der Waals surface area contributed by atoms with Crippen LogP contribution in [0.2, 0.25) is 0 Å². The van der Waals surface area contributed by atoms with Crippen LogP contribution in [0.5, 0.6) is 0 Å². The van der Waals surface area contributed by atoms with E-state index in [9.17, 15) is 8.42 Å². The lowest BCUT2D eigenvalue weighted by molar-refractivity contribution is 0.336. The van der Waals surface area contributed by atoms with E-state index in [1.54, 1.807) is 18.3 Å². The van der Waals surface area contributed by atoms with E-state index in [-0.39, 0.29) is 10.9 Å². The van der Waals surface area contributed by atoms with Crippen molar-refractivity contribution in [2.24, 2.45) is 21.9 Å². The Morgan fingerprint density at radius 2 is 2.00 bits per heavy atom. The van der Waals surface area contributed by atoms with Gasteiger partial charge in [0.05, 0.1) is 0 Å². The SMILES string of the molecule is Cc1ccc(S(=O)(=O)ON=C(N)NN=CCC(C)C)cc1. The molecule has 0 amide bonds. The molecule has 1 rings (SSSR count). The van der Waals surface area contributed by atoms with Crippen LogP contribution in [0.25, 0.3) is 0 Å². The highest BCUT2D eigenvalue weighted by Crippen LogP contribution is 2.13. The molecule has 0 fully saturated rings. The molecule has 0 aliphatic heterocycles. The van der Waals surface area contributed by atoms with E-state index >= 15 is 0 Å². The third-order valence-corrected chi connectivity index (χ3v) is 3.51. The Hall–Kier alpha value is -2.09. The van der Waals surface area contributed by atoms with Gasteiger partial charge in [-0.2, -0.15) is 13.5 Å². The molecule has 21 heavy (non-hydrogen) atoms. The summed E-state index contributed by atoms with van der Waals surface area (Å²) in [6.45, 7) is 5.94. The zero-order chi connectivity index (χ0) is 15.9. The van der Waals surface area contributed by atoms with Gasteiger partial charge in [-0.05, 0) is 36.6 Å². The van der Waals surface area contributed by atoms with E-state index in [0.717, 1.165) is 12.0 Å². The van der Waals surface area contributed by atoms with E-state index < -0.39 is 10.1 Å². The van der Waals surface area contributed by atoms with Crippen molar-refractivity contribution >= 4 is 22.3 Å². The number of hydrogen-bond acceptors (Lipinski definition) is 5. The Morgan fingerprint density at radius 1 is 1.38 bits per heavy atom. The van der Waals surface area contributed by atoms with Crippen LogP contribution in [0.15, 0.2) is 39.4 Å². The summed E-state index contributed by atoms with van der Waals surface area (Å²) < 4.78 is 28.1. The highest BCUT2D eigenvalue weighted by Gasteiger charge is 2.15. The van der Waals surface area contributed by atoms with Crippen molar-refractivity contribution in [1.29, 1.82) is 0 Å². The summed E-state index contributed by atoms with van der Waals surface area (Å²) in [4.78, 5) is 0.00737. The number of hydrogen-bond donors (Lipinski definition) is 2. The summed E-state index contributed by atoms with van der Waals surface area (Å²) in [6, 6.07) is 6.20. The maximum atomic E-state index is 11.8. The van der Waals surface area contributed by atoms with Crippen LogP contribution < -0.4 is 11.2 Å². The molecule has 3 N–H and O–H groups in total. The van der Waals surface area contributed by atoms with Gasteiger partial charge >= 0.3 is 10.1 Å². The number of nitrogens with zero attached hydrogens (tertiary/aromatic N) is 2. The summed E-state index contributed by atoms with van der Waals surface area (Å²) in [6.07, 6.45) is 2.39. The average Bonchev–Trinajstić information content (AvgIpc) is 2.42. The van der Waals surface area contributed by atoms with Gasteiger partial charge in [0.1, 0.15) is 4.90 Å². The van der Waals surface area contributed by atoms with Crippen molar-refractivity contribution in [3.05, 3.63) is 29.8 Å². The number of oxime groups is 1. The van der Waals surface area contributed by atoms with Crippen LogP contribution in [-0.2, 0) is 14.4 Å². The highest BCUT2D eigenvalue weighted by molar-refractivity contribution is 7.86. The zero-order valence-corrected chi connectivity index (χ0v) is 13.1. The van der Waals surface area contributed by atoms with Gasteiger partial charge < -0.3 is 5.73 Å². The lowest BCUT2D eigenvalue weighted by Crippen LogP contribution is -2.28. The number of nitrogens with one attached hydrogen (secondary N) is 1. The number of aryl methyl sites for hydroxylation is 1. The van der Waals surface area contributed by atoms with Gasteiger partial charge in [-0.25, -0.2) is 5.43 Å². The quantitative estimate of drug-likeness (QED) is 0.471. The smallest absolute Gasteiger partial charge is 0.358 e. The molecule has 0 aromatic heterocycles. The fraction of sp³-hybridized carbons (Fsp3) is 0.385. The van der Waals surface area contributed by atoms with Crippen molar-refractivity contribution in [3.8, 4) is 0 Å². The molecule has 0 atom stereocenters. The Kier molecular flexibility index (Phi) is 6.16. The summed E-state index contributed by atoms with van der Waals surface area (Å²) in [5.74, 6) is 0.220. The van der Waals surface area contributed by atoms with Crippen molar-refractivity contribution in [2.75, 3.05) is 0 Å². The molecule has 1 aromatic carbocycles. The summed E-state index contributed by atoms with van der Waals surface area (Å²) in [5.41, 5.74) is 8.76. The van der Waals surface area contributed by atoms with Crippen molar-refractivity contribution < 1.29 is 12.7 Å². The second kappa shape index (κ2) is 7.63. The van der Waals surface area contributed by atoms with E-state index in [1.165, 1.54) is 12.1 Å². The minimum Gasteiger partial charge on any atom is -0.366 e. The standard InChI is InChI=1S/C13H20N4O3S/c1-10(2)8-9-15-16-13(14)17-20-21(18,19)12-6-4-11(3)5-7-12/h4-7,9-10H,8H2,1-3H3,(H3,14,16,17). The highest BCUT2D eigenvalue weighted by atomic mass is 32.2. The minimum absolute atomic E-state index is 0.00737. The molecule has 8 heteroatoms. The Morgan fingerprint density at radius 3 is 2.57 bits per heavy atom. The van der Waals surface area contributed by atoms with Crippen LogP contribution in [0.3, 0.4) is 0 Å². The van der Waals surface area contributed by atoms with Crippen LogP contribution in [-0.4, -0.2) is 20.6 Å². The third kappa shape index (κ3) is 6.26. The molecule has 116 valence electrons. The second-order valence-corrected chi connectivity index (χ2v) is 6.40. The van der Waals surface area contributed by atoms with Crippen LogP contribution in [0, 0.1) is 12.8 Å². The van der Waals surface area contributed by atoms with Crippen LogP contribution in [0.1, 0.15) is 25.8 Å². The fourth-order valence-corrected chi connectivity index (χ4v) is 1.97. The van der Waals surface area contributed by atoms with Crippen LogP contribution in [0.4, 0.5) is 0 Å². The molecular weight excluding hydrogens is 292 g/mol. The monoisotopic (exact) mass is 312 g/mol. The van der Waals surface area contributed by atoms with Gasteiger partial charge in [-0.15, -0.1) is 0 Å². The predicted molar refractivity (Wildman–Crippen MR) is 82.2 cm³/mol. The van der Waals surface area contributed by atoms with E-state index in [2.05, 4.69) is 20.0 Å². The molecule has 0 saturated carbocycles. The number of nitrogens with two attached hydrogens (primary N) is 1. The van der Waals surface area contributed by atoms with E-state index in [0.29, 0.717) is 5.92 Å². The number of benzene rings is 1. The second-order valence-electron chi connectivity index (χ2n) is 4.87. The average molecular weight is 312 g/mol. The first-order valence-corrected chi connectivity index (χ1v) is 7.83. The Balaban J connectivity index is 2.61. The lowest BCUT2D eigenvalue weighted by Gasteiger charge is -2.03.